The molecule has 0 bridgehead atoms. The summed E-state index contributed by atoms with van der Waals surface area (Å²) >= 11 is 0. The molecule has 1 aliphatic heterocycles. The third kappa shape index (κ3) is 1.90. The average Bonchev–Trinajstić information content (AvgIpc) is 2.05. The van der Waals surface area contributed by atoms with Crippen molar-refractivity contribution in [3.05, 3.63) is 0 Å². The molecule has 0 spiro atoms. The smallest absolute Gasteiger partial charge is 0.109 e. The molecule has 4 nitrogen and oxygen atoms in total. The number of piperidine rings is 1. The van der Waals surface area contributed by atoms with Crippen LogP contribution < -0.4 is 5.32 Å². The zero-order valence-electron chi connectivity index (χ0n) is 6.91. The van der Waals surface area contributed by atoms with Crippen molar-refractivity contribution in [2.24, 2.45) is 0 Å². The Hall–Kier alpha value is -0.160. The Morgan fingerprint density at radius 3 is 2.00 bits per heavy atom. The van der Waals surface area contributed by atoms with E-state index in [1.165, 1.54) is 0 Å². The number of hydrogen-bond donors (Lipinski definition) is 2. The predicted octanol–water partition coefficient (Wildman–Crippen LogP) is -1.02. The largest absolute Gasteiger partial charge is 0.388 e. The third-order valence-electron chi connectivity index (χ3n) is 2.06. The molecule has 0 saturated carbocycles. The van der Waals surface area contributed by atoms with Crippen LogP contribution in [-0.4, -0.2) is 50.7 Å². The van der Waals surface area contributed by atoms with E-state index < -0.39 is 6.10 Å². The van der Waals surface area contributed by atoms with E-state index in [2.05, 4.69) is 5.32 Å². The molecule has 1 aliphatic rings. The van der Waals surface area contributed by atoms with Gasteiger partial charge >= 0.3 is 0 Å². The molecular weight excluding hydrogens is 146 g/mol. The van der Waals surface area contributed by atoms with Crippen molar-refractivity contribution in [2.75, 3.05) is 27.3 Å². The first kappa shape index (κ1) is 8.93. The van der Waals surface area contributed by atoms with Gasteiger partial charge in [0.1, 0.15) is 6.10 Å². The number of ether oxygens (including phenoxy) is 2. The summed E-state index contributed by atoms with van der Waals surface area (Å²) in [6.45, 7) is 1.38. The van der Waals surface area contributed by atoms with Gasteiger partial charge in [-0.15, -0.1) is 0 Å². The Kier molecular flexibility index (Phi) is 3.26. The lowest BCUT2D eigenvalue weighted by molar-refractivity contribution is -0.103. The Morgan fingerprint density at radius 2 is 1.64 bits per heavy atom. The zero-order valence-corrected chi connectivity index (χ0v) is 6.91. The van der Waals surface area contributed by atoms with Crippen molar-refractivity contribution < 1.29 is 14.6 Å². The fraction of sp³-hybridized carbons (Fsp3) is 1.00. The van der Waals surface area contributed by atoms with Gasteiger partial charge in [0, 0.05) is 27.3 Å². The molecule has 0 aromatic heterocycles. The first-order valence-corrected chi connectivity index (χ1v) is 3.74. The number of aliphatic hydroxyl groups is 1. The average molecular weight is 161 g/mol. The van der Waals surface area contributed by atoms with Crippen LogP contribution in [0.2, 0.25) is 0 Å². The lowest BCUT2D eigenvalue weighted by Crippen LogP contribution is -2.54. The third-order valence-corrected chi connectivity index (χ3v) is 2.06. The number of aliphatic hydroxyl groups excluding tert-OH is 1. The van der Waals surface area contributed by atoms with Crippen molar-refractivity contribution in [1.82, 2.24) is 5.32 Å². The molecule has 4 heteroatoms. The summed E-state index contributed by atoms with van der Waals surface area (Å²) in [5, 5.41) is 12.6. The SMILES string of the molecule is COC1CNCC(OC)C1O. The molecule has 1 rings (SSSR count). The van der Waals surface area contributed by atoms with Crippen molar-refractivity contribution in [3.8, 4) is 0 Å². The predicted molar refractivity (Wildman–Crippen MR) is 40.5 cm³/mol. The Bertz CT molecular complexity index is 108. The fourth-order valence-corrected chi connectivity index (χ4v) is 1.29. The molecule has 0 aliphatic carbocycles. The van der Waals surface area contributed by atoms with E-state index in [1.54, 1.807) is 14.2 Å². The lowest BCUT2D eigenvalue weighted by atomic mass is 10.0. The lowest BCUT2D eigenvalue weighted by Gasteiger charge is -2.33. The number of methoxy groups -OCH3 is 2. The standard InChI is InChI=1S/C7H15NO3/c1-10-5-3-8-4-6(11-2)7(5)9/h5-9H,3-4H2,1-2H3. The summed E-state index contributed by atoms with van der Waals surface area (Å²) in [5.41, 5.74) is 0. The van der Waals surface area contributed by atoms with Crippen molar-refractivity contribution in [3.63, 3.8) is 0 Å². The summed E-state index contributed by atoms with van der Waals surface area (Å²) < 4.78 is 10.1. The van der Waals surface area contributed by atoms with Crippen LogP contribution in [0.3, 0.4) is 0 Å². The van der Waals surface area contributed by atoms with E-state index in [9.17, 15) is 5.11 Å². The van der Waals surface area contributed by atoms with Gasteiger partial charge in [-0.3, -0.25) is 0 Å². The number of nitrogens with one attached hydrogen (secondary N) is 1. The second-order valence-electron chi connectivity index (χ2n) is 2.70. The van der Waals surface area contributed by atoms with Crippen molar-refractivity contribution in [1.29, 1.82) is 0 Å². The molecule has 2 unspecified atom stereocenters. The fourth-order valence-electron chi connectivity index (χ4n) is 1.29. The highest BCUT2D eigenvalue weighted by Crippen LogP contribution is 2.09. The minimum atomic E-state index is -0.508. The van der Waals surface area contributed by atoms with Crippen LogP contribution in [0.4, 0.5) is 0 Å². The molecule has 11 heavy (non-hydrogen) atoms. The number of rotatable bonds is 2. The maximum absolute atomic E-state index is 9.54. The van der Waals surface area contributed by atoms with E-state index in [1.807, 2.05) is 0 Å². The highest BCUT2D eigenvalue weighted by Gasteiger charge is 2.31. The second-order valence-corrected chi connectivity index (χ2v) is 2.70. The van der Waals surface area contributed by atoms with Crippen LogP contribution in [0.15, 0.2) is 0 Å². The summed E-state index contributed by atoms with van der Waals surface area (Å²) in [5.74, 6) is 0. The topological polar surface area (TPSA) is 50.7 Å². The maximum atomic E-state index is 9.54. The van der Waals surface area contributed by atoms with E-state index >= 15 is 0 Å². The summed E-state index contributed by atoms with van der Waals surface area (Å²) in [7, 11) is 3.18. The minimum Gasteiger partial charge on any atom is -0.388 e. The molecule has 2 atom stereocenters. The van der Waals surface area contributed by atoms with Crippen molar-refractivity contribution in [2.45, 2.75) is 18.3 Å². The molecule has 66 valence electrons. The van der Waals surface area contributed by atoms with Gasteiger partial charge in [0.15, 0.2) is 0 Å². The van der Waals surface area contributed by atoms with Crippen LogP contribution in [-0.2, 0) is 9.47 Å². The van der Waals surface area contributed by atoms with Gasteiger partial charge in [0.05, 0.1) is 12.2 Å². The van der Waals surface area contributed by atoms with Crippen LogP contribution in [0, 0.1) is 0 Å². The van der Waals surface area contributed by atoms with Crippen molar-refractivity contribution >= 4 is 0 Å². The summed E-state index contributed by atoms with van der Waals surface area (Å²) in [6.07, 6.45) is -0.798. The second kappa shape index (κ2) is 4.01. The first-order chi connectivity index (χ1) is 5.29. The molecule has 1 fully saturated rings. The van der Waals surface area contributed by atoms with Gasteiger partial charge in [-0.25, -0.2) is 0 Å². The maximum Gasteiger partial charge on any atom is 0.109 e. The van der Waals surface area contributed by atoms with E-state index in [4.69, 9.17) is 9.47 Å². The highest BCUT2D eigenvalue weighted by atomic mass is 16.5. The molecule has 0 aromatic rings. The number of hydrogen-bond acceptors (Lipinski definition) is 4. The summed E-state index contributed by atoms with van der Waals surface area (Å²) in [4.78, 5) is 0. The summed E-state index contributed by atoms with van der Waals surface area (Å²) in [6, 6.07) is 0. The van der Waals surface area contributed by atoms with Crippen LogP contribution in [0.5, 0.6) is 0 Å². The molecule has 0 aromatic carbocycles. The van der Waals surface area contributed by atoms with E-state index in [0.29, 0.717) is 13.1 Å². The Labute approximate surface area is 66.5 Å². The Balaban J connectivity index is 2.45. The van der Waals surface area contributed by atoms with Gasteiger partial charge in [0.2, 0.25) is 0 Å². The van der Waals surface area contributed by atoms with Gasteiger partial charge in [-0.2, -0.15) is 0 Å². The van der Waals surface area contributed by atoms with Gasteiger partial charge in [0.25, 0.3) is 0 Å². The monoisotopic (exact) mass is 161 g/mol. The Morgan fingerprint density at radius 1 is 1.18 bits per heavy atom. The minimum absolute atomic E-state index is 0.145. The van der Waals surface area contributed by atoms with Crippen LogP contribution >= 0.6 is 0 Å². The van der Waals surface area contributed by atoms with Crippen LogP contribution in [0.25, 0.3) is 0 Å². The zero-order chi connectivity index (χ0) is 8.27. The van der Waals surface area contributed by atoms with Crippen LogP contribution in [0.1, 0.15) is 0 Å². The normalized spacial score (nSPS) is 39.0. The molecule has 1 saturated heterocycles. The molecule has 0 radical (unpaired) electrons. The molecule has 2 N–H and O–H groups in total. The van der Waals surface area contributed by atoms with E-state index in [-0.39, 0.29) is 12.2 Å². The molecule has 0 amide bonds. The molecule has 1 heterocycles. The quantitative estimate of drug-likeness (QED) is 0.544. The molecular formula is C7H15NO3. The van der Waals surface area contributed by atoms with E-state index in [0.717, 1.165) is 0 Å². The highest BCUT2D eigenvalue weighted by molar-refractivity contribution is 4.85. The first-order valence-electron chi connectivity index (χ1n) is 3.74. The van der Waals surface area contributed by atoms with Gasteiger partial charge in [-0.1, -0.05) is 0 Å². The van der Waals surface area contributed by atoms with Gasteiger partial charge in [-0.05, 0) is 0 Å². The van der Waals surface area contributed by atoms with Gasteiger partial charge < -0.3 is 19.9 Å².